The normalized spacial score (nSPS) is 22.6. The van der Waals surface area contributed by atoms with Gasteiger partial charge in [0.1, 0.15) is 6.07 Å². The third-order valence-electron chi connectivity index (χ3n) is 4.22. The maximum atomic E-state index is 13.9. The number of hydrogen-bond donors (Lipinski definition) is 1. The molecule has 1 saturated carbocycles. The van der Waals surface area contributed by atoms with Gasteiger partial charge < -0.3 is 5.32 Å². The first-order chi connectivity index (χ1) is 9.54. The van der Waals surface area contributed by atoms with Crippen molar-refractivity contribution in [3.63, 3.8) is 0 Å². The van der Waals surface area contributed by atoms with Crippen LogP contribution in [0.15, 0.2) is 12.1 Å². The van der Waals surface area contributed by atoms with Gasteiger partial charge in [0.15, 0.2) is 11.6 Å². The van der Waals surface area contributed by atoms with Gasteiger partial charge in [0, 0.05) is 6.04 Å². The Morgan fingerprint density at radius 1 is 1.20 bits per heavy atom. The molecule has 1 N–H and O–H groups in total. The van der Waals surface area contributed by atoms with Crippen LogP contribution in [-0.2, 0) is 0 Å². The van der Waals surface area contributed by atoms with Gasteiger partial charge in [0.05, 0.1) is 11.3 Å². The Hall–Kier alpha value is -1.63. The van der Waals surface area contributed by atoms with E-state index in [0.29, 0.717) is 11.8 Å². The van der Waals surface area contributed by atoms with Crippen molar-refractivity contribution in [1.29, 1.82) is 5.26 Å². The van der Waals surface area contributed by atoms with Crippen LogP contribution in [0.25, 0.3) is 0 Å². The number of rotatable bonds is 3. The van der Waals surface area contributed by atoms with Gasteiger partial charge in [-0.1, -0.05) is 26.7 Å². The maximum absolute atomic E-state index is 13.9. The zero-order valence-corrected chi connectivity index (χ0v) is 11.9. The van der Waals surface area contributed by atoms with Crippen LogP contribution in [0.2, 0.25) is 0 Å². The predicted octanol–water partition coefficient (Wildman–Crippen LogP) is 4.46. The number of nitrogens with zero attached hydrogens (tertiary/aromatic N) is 1. The van der Waals surface area contributed by atoms with Crippen molar-refractivity contribution in [2.75, 3.05) is 5.32 Å². The highest BCUT2D eigenvalue weighted by Crippen LogP contribution is 2.33. The Morgan fingerprint density at radius 3 is 2.55 bits per heavy atom. The number of nitriles is 1. The topological polar surface area (TPSA) is 35.8 Å². The highest BCUT2D eigenvalue weighted by Gasteiger charge is 2.28. The molecule has 0 aliphatic heterocycles. The Balaban J connectivity index is 2.21. The third-order valence-corrected chi connectivity index (χ3v) is 4.22. The molecule has 0 radical (unpaired) electrons. The molecule has 108 valence electrons. The smallest absolute Gasteiger partial charge is 0.183 e. The van der Waals surface area contributed by atoms with Crippen LogP contribution in [0.3, 0.4) is 0 Å². The summed E-state index contributed by atoms with van der Waals surface area (Å²) >= 11 is 0. The number of nitrogens with one attached hydrogen (secondary N) is 1. The van der Waals surface area contributed by atoms with E-state index in [1.807, 2.05) is 0 Å². The molecule has 0 saturated heterocycles. The molecule has 0 spiro atoms. The number of hydrogen-bond acceptors (Lipinski definition) is 2. The summed E-state index contributed by atoms with van der Waals surface area (Å²) in [5, 5.41) is 11.8. The van der Waals surface area contributed by atoms with Gasteiger partial charge in [-0.15, -0.1) is 0 Å². The zero-order chi connectivity index (χ0) is 14.7. The first-order valence-corrected chi connectivity index (χ1v) is 7.19. The molecule has 0 heterocycles. The van der Waals surface area contributed by atoms with Crippen LogP contribution >= 0.6 is 0 Å². The van der Waals surface area contributed by atoms with Crippen LogP contribution < -0.4 is 5.32 Å². The molecular formula is C16H20F2N2. The lowest BCUT2D eigenvalue weighted by Crippen LogP contribution is -2.35. The van der Waals surface area contributed by atoms with Gasteiger partial charge in [-0.3, -0.25) is 0 Å². The van der Waals surface area contributed by atoms with Gasteiger partial charge >= 0.3 is 0 Å². The van der Waals surface area contributed by atoms with E-state index >= 15 is 0 Å². The maximum Gasteiger partial charge on any atom is 0.183 e. The molecule has 0 aromatic heterocycles. The standard InChI is InChI=1S/C16H20F2N2/c1-10(2)12-5-3-4-6-13(12)20-14-8-7-11(9-19)15(17)16(14)18/h7-8,10,12-13,20H,3-6H2,1-2H3. The molecule has 4 heteroatoms. The van der Waals surface area contributed by atoms with Gasteiger partial charge in [-0.25, -0.2) is 8.78 Å². The van der Waals surface area contributed by atoms with Crippen LogP contribution in [0, 0.1) is 34.8 Å². The third kappa shape index (κ3) is 2.92. The lowest BCUT2D eigenvalue weighted by Gasteiger charge is -2.35. The Labute approximate surface area is 118 Å². The highest BCUT2D eigenvalue weighted by atomic mass is 19.2. The molecule has 2 rings (SSSR count). The van der Waals surface area contributed by atoms with Crippen molar-refractivity contribution in [3.8, 4) is 6.07 Å². The lowest BCUT2D eigenvalue weighted by atomic mass is 9.78. The molecule has 2 atom stereocenters. The zero-order valence-electron chi connectivity index (χ0n) is 11.9. The number of halogens is 2. The largest absolute Gasteiger partial charge is 0.380 e. The van der Waals surface area contributed by atoms with Gasteiger partial charge in [-0.2, -0.15) is 5.26 Å². The second-order valence-corrected chi connectivity index (χ2v) is 5.84. The SMILES string of the molecule is CC(C)C1CCCCC1Nc1ccc(C#N)c(F)c1F. The van der Waals surface area contributed by atoms with E-state index in [-0.39, 0.29) is 17.3 Å². The minimum Gasteiger partial charge on any atom is -0.380 e. The predicted molar refractivity (Wildman–Crippen MR) is 75.3 cm³/mol. The molecule has 1 aliphatic rings. The minimum atomic E-state index is -1.06. The van der Waals surface area contributed by atoms with E-state index in [1.54, 1.807) is 6.07 Å². The molecule has 1 aromatic rings. The van der Waals surface area contributed by atoms with E-state index < -0.39 is 11.6 Å². The number of anilines is 1. The number of benzene rings is 1. The molecule has 0 amide bonds. The fourth-order valence-corrected chi connectivity index (χ4v) is 3.08. The van der Waals surface area contributed by atoms with E-state index in [4.69, 9.17) is 5.26 Å². The summed E-state index contributed by atoms with van der Waals surface area (Å²) in [6.07, 6.45) is 4.41. The summed E-state index contributed by atoms with van der Waals surface area (Å²) < 4.78 is 27.6. The Kier molecular flexibility index (Phi) is 4.59. The molecule has 1 fully saturated rings. The average molecular weight is 278 g/mol. The fraction of sp³-hybridized carbons (Fsp3) is 0.562. The quantitative estimate of drug-likeness (QED) is 0.885. The minimum absolute atomic E-state index is 0.166. The Bertz CT molecular complexity index is 520. The van der Waals surface area contributed by atoms with E-state index in [9.17, 15) is 8.78 Å². The van der Waals surface area contributed by atoms with E-state index in [1.165, 1.54) is 18.6 Å². The summed E-state index contributed by atoms with van der Waals surface area (Å²) in [6.45, 7) is 4.33. The molecule has 1 aliphatic carbocycles. The van der Waals surface area contributed by atoms with Crippen molar-refractivity contribution in [2.45, 2.75) is 45.6 Å². The van der Waals surface area contributed by atoms with Crippen LogP contribution in [0.5, 0.6) is 0 Å². The van der Waals surface area contributed by atoms with Crippen LogP contribution in [0.4, 0.5) is 14.5 Å². The van der Waals surface area contributed by atoms with Crippen molar-refractivity contribution in [1.82, 2.24) is 0 Å². The monoisotopic (exact) mass is 278 g/mol. The Morgan fingerprint density at radius 2 is 1.90 bits per heavy atom. The summed E-state index contributed by atoms with van der Waals surface area (Å²) in [6, 6.07) is 4.61. The molecule has 0 bridgehead atoms. The van der Waals surface area contributed by atoms with E-state index in [0.717, 1.165) is 19.3 Å². The molecule has 2 unspecified atom stereocenters. The van der Waals surface area contributed by atoms with Crippen LogP contribution in [-0.4, -0.2) is 6.04 Å². The van der Waals surface area contributed by atoms with Crippen LogP contribution in [0.1, 0.15) is 45.1 Å². The summed E-state index contributed by atoms with van der Waals surface area (Å²) in [7, 11) is 0. The van der Waals surface area contributed by atoms with Crippen molar-refractivity contribution >= 4 is 5.69 Å². The second-order valence-electron chi connectivity index (χ2n) is 5.84. The summed E-state index contributed by atoms with van der Waals surface area (Å²) in [5.74, 6) is -1.02. The highest BCUT2D eigenvalue weighted by molar-refractivity contribution is 5.50. The van der Waals surface area contributed by atoms with Crippen molar-refractivity contribution in [2.24, 2.45) is 11.8 Å². The molecule has 20 heavy (non-hydrogen) atoms. The van der Waals surface area contributed by atoms with E-state index in [2.05, 4.69) is 19.2 Å². The molecule has 1 aromatic carbocycles. The first kappa shape index (κ1) is 14.8. The van der Waals surface area contributed by atoms with Crippen molar-refractivity contribution < 1.29 is 8.78 Å². The average Bonchev–Trinajstić information content (AvgIpc) is 2.44. The van der Waals surface area contributed by atoms with Gasteiger partial charge in [0.25, 0.3) is 0 Å². The summed E-state index contributed by atoms with van der Waals surface area (Å²) in [4.78, 5) is 0. The van der Waals surface area contributed by atoms with Gasteiger partial charge in [-0.05, 0) is 36.8 Å². The first-order valence-electron chi connectivity index (χ1n) is 7.19. The van der Waals surface area contributed by atoms with Gasteiger partial charge in [0.2, 0.25) is 0 Å². The van der Waals surface area contributed by atoms with Crippen molar-refractivity contribution in [3.05, 3.63) is 29.3 Å². The summed E-state index contributed by atoms with van der Waals surface area (Å²) in [5.41, 5.74) is -0.0869. The lowest BCUT2D eigenvalue weighted by molar-refractivity contribution is 0.253. The fourth-order valence-electron chi connectivity index (χ4n) is 3.08. The molecular weight excluding hydrogens is 258 g/mol. The second kappa shape index (κ2) is 6.21. The molecule has 2 nitrogen and oxygen atoms in total.